The Bertz CT molecular complexity index is 290. The van der Waals surface area contributed by atoms with E-state index in [0.717, 1.165) is 0 Å². The van der Waals surface area contributed by atoms with E-state index in [9.17, 15) is 4.79 Å². The Morgan fingerprint density at radius 1 is 1.24 bits per heavy atom. The molecule has 17 heavy (non-hydrogen) atoms. The predicted molar refractivity (Wildman–Crippen MR) is 65.5 cm³/mol. The fourth-order valence-corrected chi connectivity index (χ4v) is 1.62. The third-order valence-electron chi connectivity index (χ3n) is 3.74. The maximum Gasteiger partial charge on any atom is 0.463 e. The van der Waals surface area contributed by atoms with Crippen LogP contribution in [0, 0.1) is 0 Å². The standard InChI is InChI=1S/C11H22BNO4/c1-7(8(13)9(14)15-6)12-16-10(2,3)11(4,5)17-12/h7-8H,13H2,1-6H3. The summed E-state index contributed by atoms with van der Waals surface area (Å²) >= 11 is 0. The molecular formula is C11H22BNO4. The van der Waals surface area contributed by atoms with Crippen LogP contribution in [0.2, 0.25) is 5.82 Å². The molecule has 98 valence electrons. The molecule has 6 heteroatoms. The Kier molecular flexibility index (Phi) is 3.91. The van der Waals surface area contributed by atoms with Gasteiger partial charge in [0.2, 0.25) is 0 Å². The van der Waals surface area contributed by atoms with Gasteiger partial charge in [-0.2, -0.15) is 0 Å². The second-order valence-electron chi connectivity index (χ2n) is 5.53. The van der Waals surface area contributed by atoms with E-state index in [4.69, 9.17) is 15.0 Å². The van der Waals surface area contributed by atoms with Crippen LogP contribution in [0.3, 0.4) is 0 Å². The fraction of sp³-hybridized carbons (Fsp3) is 0.909. The zero-order valence-electron chi connectivity index (χ0n) is 11.4. The number of carbonyl (C=O) groups excluding carboxylic acids is 1. The summed E-state index contributed by atoms with van der Waals surface area (Å²) in [5.74, 6) is -0.712. The molecule has 5 nitrogen and oxygen atoms in total. The summed E-state index contributed by atoms with van der Waals surface area (Å²) in [5, 5.41) is 0. The molecule has 0 aromatic carbocycles. The third kappa shape index (κ3) is 2.64. The maximum atomic E-state index is 11.4. The molecule has 0 bridgehead atoms. The van der Waals surface area contributed by atoms with Crippen molar-refractivity contribution in [2.75, 3.05) is 7.11 Å². The van der Waals surface area contributed by atoms with Crippen LogP contribution in [0.4, 0.5) is 0 Å². The highest BCUT2D eigenvalue weighted by atomic mass is 16.7. The van der Waals surface area contributed by atoms with Crippen molar-refractivity contribution in [1.82, 2.24) is 0 Å². The van der Waals surface area contributed by atoms with Crippen LogP contribution >= 0.6 is 0 Å². The second-order valence-corrected chi connectivity index (χ2v) is 5.53. The fourth-order valence-electron chi connectivity index (χ4n) is 1.62. The quantitative estimate of drug-likeness (QED) is 0.590. The van der Waals surface area contributed by atoms with Crippen molar-refractivity contribution in [3.63, 3.8) is 0 Å². The van der Waals surface area contributed by atoms with Gasteiger partial charge in [-0.1, -0.05) is 6.92 Å². The number of esters is 1. The first-order valence-electron chi connectivity index (χ1n) is 5.81. The topological polar surface area (TPSA) is 70.8 Å². The molecule has 1 rings (SSSR count). The van der Waals surface area contributed by atoms with Gasteiger partial charge in [0.05, 0.1) is 18.3 Å². The van der Waals surface area contributed by atoms with E-state index in [0.29, 0.717) is 0 Å². The van der Waals surface area contributed by atoms with Crippen LogP contribution < -0.4 is 5.73 Å². The third-order valence-corrected chi connectivity index (χ3v) is 3.74. The molecule has 0 aromatic rings. The molecule has 1 aliphatic heterocycles. The normalized spacial score (nSPS) is 25.5. The molecule has 1 fully saturated rings. The molecule has 0 radical (unpaired) electrons. The van der Waals surface area contributed by atoms with Gasteiger partial charge >= 0.3 is 13.1 Å². The highest BCUT2D eigenvalue weighted by Crippen LogP contribution is 2.40. The number of hydrogen-bond acceptors (Lipinski definition) is 5. The Labute approximate surface area is 103 Å². The van der Waals surface area contributed by atoms with Gasteiger partial charge in [-0.05, 0) is 27.7 Å². The SMILES string of the molecule is COC(=O)C(N)C(C)B1OC(C)(C)C(C)(C)O1. The lowest BCUT2D eigenvalue weighted by molar-refractivity contribution is -0.142. The number of carbonyl (C=O) groups is 1. The minimum atomic E-state index is -0.741. The van der Waals surface area contributed by atoms with Gasteiger partial charge in [-0.25, -0.2) is 0 Å². The summed E-state index contributed by atoms with van der Waals surface area (Å²) in [6.45, 7) is 9.67. The van der Waals surface area contributed by atoms with Crippen LogP contribution in [-0.4, -0.2) is 37.4 Å². The molecule has 1 aliphatic rings. The molecule has 2 atom stereocenters. The molecule has 1 saturated heterocycles. The lowest BCUT2D eigenvalue weighted by Gasteiger charge is -2.32. The van der Waals surface area contributed by atoms with E-state index >= 15 is 0 Å². The van der Waals surface area contributed by atoms with Gasteiger partial charge in [0.1, 0.15) is 6.04 Å². The number of methoxy groups -OCH3 is 1. The van der Waals surface area contributed by atoms with Gasteiger partial charge in [0, 0.05) is 5.82 Å². The van der Waals surface area contributed by atoms with E-state index in [1.165, 1.54) is 7.11 Å². The number of ether oxygens (including phenoxy) is 1. The van der Waals surface area contributed by atoms with Crippen LogP contribution in [0.15, 0.2) is 0 Å². The summed E-state index contributed by atoms with van der Waals surface area (Å²) in [4.78, 5) is 11.4. The Balaban J connectivity index is 2.74. The number of rotatable bonds is 3. The minimum Gasteiger partial charge on any atom is -0.468 e. The highest BCUT2D eigenvalue weighted by molar-refractivity contribution is 6.48. The van der Waals surface area contributed by atoms with Crippen LogP contribution in [0.25, 0.3) is 0 Å². The van der Waals surface area contributed by atoms with E-state index in [-0.39, 0.29) is 5.82 Å². The first-order chi connectivity index (χ1) is 7.62. The van der Waals surface area contributed by atoms with E-state index in [1.807, 2.05) is 34.6 Å². The molecule has 0 spiro atoms. The van der Waals surface area contributed by atoms with Crippen molar-refractivity contribution < 1.29 is 18.8 Å². The van der Waals surface area contributed by atoms with E-state index in [2.05, 4.69) is 4.74 Å². The van der Waals surface area contributed by atoms with Crippen molar-refractivity contribution in [3.05, 3.63) is 0 Å². The average Bonchev–Trinajstić information content (AvgIpc) is 2.45. The number of hydrogen-bond donors (Lipinski definition) is 1. The maximum absolute atomic E-state index is 11.4. The van der Waals surface area contributed by atoms with Crippen molar-refractivity contribution in [2.45, 2.75) is 57.7 Å². The average molecular weight is 243 g/mol. The van der Waals surface area contributed by atoms with Crippen molar-refractivity contribution in [3.8, 4) is 0 Å². The zero-order valence-corrected chi connectivity index (χ0v) is 11.4. The van der Waals surface area contributed by atoms with Crippen molar-refractivity contribution >= 4 is 13.1 Å². The van der Waals surface area contributed by atoms with Crippen molar-refractivity contribution in [2.24, 2.45) is 5.73 Å². The Morgan fingerprint density at radius 3 is 2.00 bits per heavy atom. The zero-order chi connectivity index (χ0) is 13.4. The molecule has 0 saturated carbocycles. The summed E-state index contributed by atoms with van der Waals surface area (Å²) in [6, 6.07) is -0.741. The van der Waals surface area contributed by atoms with Crippen LogP contribution in [0.1, 0.15) is 34.6 Å². The lowest BCUT2D eigenvalue weighted by Crippen LogP contribution is -2.42. The molecule has 2 unspecified atom stereocenters. The Hall–Kier alpha value is -0.585. The summed E-state index contributed by atoms with van der Waals surface area (Å²) in [6.07, 6.45) is 0. The molecule has 0 aliphatic carbocycles. The first kappa shape index (κ1) is 14.5. The van der Waals surface area contributed by atoms with E-state index < -0.39 is 30.3 Å². The van der Waals surface area contributed by atoms with Crippen LogP contribution in [0.5, 0.6) is 0 Å². The van der Waals surface area contributed by atoms with Gasteiger partial charge in [-0.3, -0.25) is 4.79 Å². The van der Waals surface area contributed by atoms with Crippen LogP contribution in [-0.2, 0) is 18.8 Å². The minimum absolute atomic E-state index is 0.261. The molecular weight excluding hydrogens is 221 g/mol. The largest absolute Gasteiger partial charge is 0.468 e. The predicted octanol–water partition coefficient (Wildman–Crippen LogP) is 0.969. The molecule has 0 aromatic heterocycles. The summed E-state index contributed by atoms with van der Waals surface area (Å²) < 4.78 is 16.3. The van der Waals surface area contributed by atoms with Crippen molar-refractivity contribution in [1.29, 1.82) is 0 Å². The van der Waals surface area contributed by atoms with Gasteiger partial charge in [0.25, 0.3) is 0 Å². The molecule has 2 N–H and O–H groups in total. The summed E-state index contributed by atoms with van der Waals surface area (Å²) in [5.41, 5.74) is 4.96. The first-order valence-corrected chi connectivity index (χ1v) is 5.81. The lowest BCUT2D eigenvalue weighted by atomic mass is 9.69. The van der Waals surface area contributed by atoms with E-state index in [1.54, 1.807) is 0 Å². The smallest absolute Gasteiger partial charge is 0.463 e. The monoisotopic (exact) mass is 243 g/mol. The molecule has 1 heterocycles. The second kappa shape index (κ2) is 4.59. The Morgan fingerprint density at radius 2 is 1.65 bits per heavy atom. The van der Waals surface area contributed by atoms with Gasteiger partial charge in [0.15, 0.2) is 0 Å². The summed E-state index contributed by atoms with van der Waals surface area (Å²) in [7, 11) is 0.827. The van der Waals surface area contributed by atoms with Gasteiger partial charge < -0.3 is 19.8 Å². The molecule has 0 amide bonds. The number of nitrogens with two attached hydrogens (primary N) is 1. The highest BCUT2D eigenvalue weighted by Gasteiger charge is 2.54. The van der Waals surface area contributed by atoms with Gasteiger partial charge in [-0.15, -0.1) is 0 Å².